The van der Waals surface area contributed by atoms with E-state index in [0.29, 0.717) is 37.3 Å². The predicted molar refractivity (Wildman–Crippen MR) is 127 cm³/mol. The summed E-state index contributed by atoms with van der Waals surface area (Å²) in [6, 6.07) is 15.6. The molecule has 1 N–H and O–H groups in total. The number of amides is 1. The minimum Gasteiger partial charge on any atom is -0.378 e. The number of sulfonamides is 1. The third-order valence-electron chi connectivity index (χ3n) is 5.77. The van der Waals surface area contributed by atoms with Crippen LogP contribution in [-0.4, -0.2) is 40.1 Å². The van der Waals surface area contributed by atoms with E-state index in [-0.39, 0.29) is 17.3 Å². The third kappa shape index (κ3) is 6.56. The lowest BCUT2D eigenvalue weighted by Gasteiger charge is -2.24. The summed E-state index contributed by atoms with van der Waals surface area (Å²) in [5, 5.41) is 2.84. The first-order chi connectivity index (χ1) is 15.4. The second-order valence-corrected chi connectivity index (χ2v) is 10.4. The molecule has 1 amide bonds. The highest BCUT2D eigenvalue weighted by molar-refractivity contribution is 7.92. The Bertz CT molecular complexity index is 953. The Kier molecular flexibility index (Phi) is 8.70. The molecule has 1 aliphatic rings. The Morgan fingerprint density at radius 3 is 2.34 bits per heavy atom. The van der Waals surface area contributed by atoms with Crippen LogP contribution < -0.4 is 9.62 Å². The zero-order valence-corrected chi connectivity index (χ0v) is 19.8. The van der Waals surface area contributed by atoms with E-state index in [2.05, 4.69) is 19.2 Å². The van der Waals surface area contributed by atoms with Crippen molar-refractivity contribution in [1.29, 1.82) is 0 Å². The highest BCUT2D eigenvalue weighted by Crippen LogP contribution is 2.26. The van der Waals surface area contributed by atoms with E-state index in [4.69, 9.17) is 4.74 Å². The summed E-state index contributed by atoms with van der Waals surface area (Å²) < 4.78 is 33.7. The molecule has 0 unspecified atom stereocenters. The number of hydrogen-bond donors (Lipinski definition) is 1. The van der Waals surface area contributed by atoms with Crippen molar-refractivity contribution in [2.45, 2.75) is 62.9 Å². The first kappa shape index (κ1) is 24.3. The summed E-state index contributed by atoms with van der Waals surface area (Å²) in [5.41, 5.74) is 1.58. The normalized spacial score (nSPS) is 14.6. The van der Waals surface area contributed by atoms with Crippen LogP contribution in [0.25, 0.3) is 0 Å². The van der Waals surface area contributed by atoms with E-state index in [1.165, 1.54) is 17.1 Å². The molecule has 0 spiro atoms. The number of nitrogens with one attached hydrogen (secondary N) is 1. The van der Waals surface area contributed by atoms with E-state index >= 15 is 0 Å². The van der Waals surface area contributed by atoms with Gasteiger partial charge in [0.25, 0.3) is 10.0 Å². The SMILES string of the molecule is CC(C)c1ccc(N(CC(=O)NCCCOC2CCCC2)S(=O)(=O)c2ccccc2)cc1. The van der Waals surface area contributed by atoms with Gasteiger partial charge in [-0.1, -0.05) is 57.0 Å². The van der Waals surface area contributed by atoms with Gasteiger partial charge in [0.05, 0.1) is 16.7 Å². The maximum atomic E-state index is 13.3. The fraction of sp³-hybridized carbons (Fsp3) is 0.480. The molecule has 1 saturated carbocycles. The van der Waals surface area contributed by atoms with Crippen molar-refractivity contribution >= 4 is 21.6 Å². The smallest absolute Gasteiger partial charge is 0.264 e. The van der Waals surface area contributed by atoms with Crippen LogP contribution in [0.5, 0.6) is 0 Å². The first-order valence-corrected chi connectivity index (χ1v) is 12.9. The van der Waals surface area contributed by atoms with Gasteiger partial charge >= 0.3 is 0 Å². The quantitative estimate of drug-likeness (QED) is 0.504. The maximum absolute atomic E-state index is 13.3. The lowest BCUT2D eigenvalue weighted by molar-refractivity contribution is -0.119. The van der Waals surface area contributed by atoms with Gasteiger partial charge in [0, 0.05) is 13.2 Å². The Labute approximate surface area is 192 Å². The van der Waals surface area contributed by atoms with E-state index in [1.807, 2.05) is 12.1 Å². The van der Waals surface area contributed by atoms with Crippen molar-refractivity contribution in [2.24, 2.45) is 0 Å². The molecule has 2 aromatic carbocycles. The summed E-state index contributed by atoms with van der Waals surface area (Å²) in [7, 11) is -3.88. The molecule has 0 radical (unpaired) electrons. The van der Waals surface area contributed by atoms with Crippen molar-refractivity contribution in [1.82, 2.24) is 5.32 Å². The average molecular weight is 459 g/mol. The van der Waals surface area contributed by atoms with E-state index in [9.17, 15) is 13.2 Å². The first-order valence-electron chi connectivity index (χ1n) is 11.4. The summed E-state index contributed by atoms with van der Waals surface area (Å²) in [5.74, 6) is -0.00344. The average Bonchev–Trinajstić information content (AvgIpc) is 3.31. The van der Waals surface area contributed by atoms with Crippen molar-refractivity contribution in [3.63, 3.8) is 0 Å². The van der Waals surface area contributed by atoms with E-state index in [0.717, 1.165) is 18.4 Å². The zero-order chi connectivity index (χ0) is 23.0. The summed E-state index contributed by atoms with van der Waals surface area (Å²) >= 11 is 0. The van der Waals surface area contributed by atoms with E-state index < -0.39 is 10.0 Å². The van der Waals surface area contributed by atoms with Crippen LogP contribution in [-0.2, 0) is 19.6 Å². The van der Waals surface area contributed by atoms with Gasteiger partial charge in [0.15, 0.2) is 0 Å². The standard InChI is InChI=1S/C25H34N2O4S/c1-20(2)21-13-15-22(16-14-21)27(32(29,30)24-11-4-3-5-12-24)19-25(28)26-17-8-18-31-23-9-6-7-10-23/h3-5,11-16,20,23H,6-10,17-19H2,1-2H3,(H,26,28). The van der Waals surface area contributed by atoms with Crippen LogP contribution in [0.15, 0.2) is 59.5 Å². The van der Waals surface area contributed by atoms with Gasteiger partial charge in [0.2, 0.25) is 5.91 Å². The van der Waals surface area contributed by atoms with Gasteiger partial charge in [0.1, 0.15) is 6.54 Å². The topological polar surface area (TPSA) is 75.7 Å². The maximum Gasteiger partial charge on any atom is 0.264 e. The van der Waals surface area contributed by atoms with Gasteiger partial charge in [-0.2, -0.15) is 0 Å². The monoisotopic (exact) mass is 458 g/mol. The molecule has 0 saturated heterocycles. The predicted octanol–water partition coefficient (Wildman–Crippen LogP) is 4.47. The molecule has 174 valence electrons. The second-order valence-electron chi connectivity index (χ2n) is 8.55. The number of ether oxygens (including phenoxy) is 1. The molecule has 0 aromatic heterocycles. The van der Waals surface area contributed by atoms with Crippen molar-refractivity contribution in [2.75, 3.05) is 24.0 Å². The van der Waals surface area contributed by atoms with Crippen LogP contribution >= 0.6 is 0 Å². The molecule has 1 fully saturated rings. The minimum atomic E-state index is -3.88. The molecule has 0 heterocycles. The van der Waals surface area contributed by atoms with Crippen LogP contribution in [0.3, 0.4) is 0 Å². The molecule has 7 heteroatoms. The van der Waals surface area contributed by atoms with E-state index in [1.54, 1.807) is 42.5 Å². The zero-order valence-electron chi connectivity index (χ0n) is 19.0. The molecular formula is C25H34N2O4S. The van der Waals surface area contributed by atoms with Crippen LogP contribution in [0, 0.1) is 0 Å². The molecule has 0 aliphatic heterocycles. The van der Waals surface area contributed by atoms with Crippen molar-refractivity contribution in [3.05, 3.63) is 60.2 Å². The molecule has 32 heavy (non-hydrogen) atoms. The van der Waals surface area contributed by atoms with Gasteiger partial charge in [-0.3, -0.25) is 9.10 Å². The Morgan fingerprint density at radius 1 is 1.06 bits per heavy atom. The lowest BCUT2D eigenvalue weighted by atomic mass is 10.0. The second kappa shape index (κ2) is 11.5. The number of benzene rings is 2. The summed E-state index contributed by atoms with van der Waals surface area (Å²) in [6.07, 6.45) is 5.75. The molecule has 6 nitrogen and oxygen atoms in total. The van der Waals surface area contributed by atoms with Gasteiger partial charge < -0.3 is 10.1 Å². The number of anilines is 1. The molecule has 3 rings (SSSR count). The Balaban J connectivity index is 1.66. The number of rotatable bonds is 11. The van der Waals surface area contributed by atoms with Gasteiger partial charge in [-0.05, 0) is 55.0 Å². The molecule has 1 aliphatic carbocycles. The fourth-order valence-electron chi connectivity index (χ4n) is 3.85. The Hall–Kier alpha value is -2.38. The summed E-state index contributed by atoms with van der Waals surface area (Å²) in [6.45, 7) is 4.95. The third-order valence-corrected chi connectivity index (χ3v) is 7.55. The fourth-order valence-corrected chi connectivity index (χ4v) is 5.29. The number of nitrogens with zero attached hydrogens (tertiary/aromatic N) is 1. The van der Waals surface area contributed by atoms with Crippen molar-refractivity contribution < 1.29 is 17.9 Å². The largest absolute Gasteiger partial charge is 0.378 e. The molecule has 2 aromatic rings. The molecule has 0 atom stereocenters. The number of hydrogen-bond acceptors (Lipinski definition) is 4. The highest BCUT2D eigenvalue weighted by Gasteiger charge is 2.27. The van der Waals surface area contributed by atoms with Crippen LogP contribution in [0.2, 0.25) is 0 Å². The molecule has 0 bridgehead atoms. The Morgan fingerprint density at radius 2 is 1.72 bits per heavy atom. The minimum absolute atomic E-state index is 0.158. The number of carbonyl (C=O) groups excluding carboxylic acids is 1. The van der Waals surface area contributed by atoms with Crippen LogP contribution in [0.1, 0.15) is 57.4 Å². The lowest BCUT2D eigenvalue weighted by Crippen LogP contribution is -2.41. The van der Waals surface area contributed by atoms with Gasteiger partial charge in [-0.25, -0.2) is 8.42 Å². The van der Waals surface area contributed by atoms with Crippen LogP contribution in [0.4, 0.5) is 5.69 Å². The highest BCUT2D eigenvalue weighted by atomic mass is 32.2. The van der Waals surface area contributed by atoms with Gasteiger partial charge in [-0.15, -0.1) is 0 Å². The molecular weight excluding hydrogens is 424 g/mol. The summed E-state index contributed by atoms with van der Waals surface area (Å²) in [4.78, 5) is 12.8. The number of carbonyl (C=O) groups is 1. The van der Waals surface area contributed by atoms with Crippen molar-refractivity contribution in [3.8, 4) is 0 Å².